The maximum absolute atomic E-state index is 5.41. The quantitative estimate of drug-likeness (QED) is 0.467. The van der Waals surface area contributed by atoms with Crippen LogP contribution in [0.3, 0.4) is 0 Å². The fraction of sp³-hybridized carbons (Fsp3) is 0.261. The SMILES string of the molecule is COc1cc2ccc3cc(OC)c(OC)cc3c2cc1OC.Cc1nccn1C. The summed E-state index contributed by atoms with van der Waals surface area (Å²) in [4.78, 5) is 3.98. The van der Waals surface area contributed by atoms with Gasteiger partial charge in [0, 0.05) is 19.4 Å². The number of methoxy groups -OCH3 is 4. The molecule has 0 bridgehead atoms. The van der Waals surface area contributed by atoms with Gasteiger partial charge in [-0.2, -0.15) is 0 Å². The molecule has 0 atom stereocenters. The lowest BCUT2D eigenvalue weighted by molar-refractivity contribution is 0.355. The predicted octanol–water partition coefficient (Wildman–Crippen LogP) is 4.76. The number of benzene rings is 3. The molecule has 0 saturated carbocycles. The van der Waals surface area contributed by atoms with E-state index in [-0.39, 0.29) is 0 Å². The summed E-state index contributed by atoms with van der Waals surface area (Å²) in [5.41, 5.74) is 0. The highest BCUT2D eigenvalue weighted by molar-refractivity contribution is 6.09. The van der Waals surface area contributed by atoms with Gasteiger partial charge in [0.05, 0.1) is 28.4 Å². The zero-order valence-electron chi connectivity index (χ0n) is 17.6. The molecule has 0 spiro atoms. The minimum Gasteiger partial charge on any atom is -0.493 e. The molecule has 0 N–H and O–H groups in total. The first-order chi connectivity index (χ1) is 14.0. The van der Waals surface area contributed by atoms with Gasteiger partial charge < -0.3 is 23.5 Å². The average molecular weight is 394 g/mol. The van der Waals surface area contributed by atoms with Crippen molar-refractivity contribution in [3.05, 3.63) is 54.6 Å². The van der Waals surface area contributed by atoms with E-state index in [1.54, 1.807) is 34.6 Å². The number of nitrogens with zero attached hydrogens (tertiary/aromatic N) is 2. The second-order valence-electron chi connectivity index (χ2n) is 6.51. The van der Waals surface area contributed by atoms with Gasteiger partial charge in [0.25, 0.3) is 0 Å². The summed E-state index contributed by atoms with van der Waals surface area (Å²) in [5, 5.41) is 4.32. The molecular weight excluding hydrogens is 368 g/mol. The Morgan fingerprint density at radius 2 is 1.10 bits per heavy atom. The highest BCUT2D eigenvalue weighted by Gasteiger charge is 2.11. The van der Waals surface area contributed by atoms with Crippen molar-refractivity contribution in [3.63, 3.8) is 0 Å². The van der Waals surface area contributed by atoms with Crippen molar-refractivity contribution in [2.24, 2.45) is 7.05 Å². The van der Waals surface area contributed by atoms with Gasteiger partial charge in [-0.1, -0.05) is 12.1 Å². The molecule has 4 aromatic rings. The van der Waals surface area contributed by atoms with Gasteiger partial charge in [0.15, 0.2) is 23.0 Å². The molecule has 0 fully saturated rings. The van der Waals surface area contributed by atoms with Crippen LogP contribution in [0.5, 0.6) is 23.0 Å². The van der Waals surface area contributed by atoms with Crippen LogP contribution >= 0.6 is 0 Å². The number of aryl methyl sites for hydroxylation is 2. The number of ether oxygens (including phenoxy) is 4. The molecule has 0 aliphatic carbocycles. The second-order valence-corrected chi connectivity index (χ2v) is 6.51. The Hall–Kier alpha value is -3.41. The summed E-state index contributed by atoms with van der Waals surface area (Å²) in [7, 11) is 8.52. The normalized spacial score (nSPS) is 10.4. The molecular formula is C23H26N2O4. The van der Waals surface area contributed by atoms with Crippen LogP contribution in [0.2, 0.25) is 0 Å². The van der Waals surface area contributed by atoms with Crippen molar-refractivity contribution in [1.82, 2.24) is 9.55 Å². The Morgan fingerprint density at radius 1 is 0.690 bits per heavy atom. The lowest BCUT2D eigenvalue weighted by atomic mass is 10.0. The Labute approximate surface area is 170 Å². The number of rotatable bonds is 4. The van der Waals surface area contributed by atoms with Crippen LogP contribution in [0.15, 0.2) is 48.8 Å². The highest BCUT2D eigenvalue weighted by Crippen LogP contribution is 2.39. The van der Waals surface area contributed by atoms with E-state index in [0.717, 1.165) is 38.9 Å². The fourth-order valence-electron chi connectivity index (χ4n) is 3.15. The van der Waals surface area contributed by atoms with Crippen LogP contribution in [0, 0.1) is 6.92 Å². The van der Waals surface area contributed by atoms with Crippen molar-refractivity contribution in [2.45, 2.75) is 6.92 Å². The summed E-state index contributed by atoms with van der Waals surface area (Å²) in [6.07, 6.45) is 3.71. The summed E-state index contributed by atoms with van der Waals surface area (Å²) in [6.45, 7) is 1.97. The van der Waals surface area contributed by atoms with Crippen molar-refractivity contribution in [1.29, 1.82) is 0 Å². The first-order valence-electron chi connectivity index (χ1n) is 9.16. The Kier molecular flexibility index (Phi) is 6.12. The minimum absolute atomic E-state index is 0.706. The van der Waals surface area contributed by atoms with Crippen molar-refractivity contribution in [2.75, 3.05) is 28.4 Å². The van der Waals surface area contributed by atoms with Crippen LogP contribution in [-0.2, 0) is 7.05 Å². The largest absolute Gasteiger partial charge is 0.493 e. The zero-order valence-corrected chi connectivity index (χ0v) is 17.6. The van der Waals surface area contributed by atoms with Gasteiger partial charge >= 0.3 is 0 Å². The lowest BCUT2D eigenvalue weighted by Crippen LogP contribution is -1.92. The second kappa shape index (κ2) is 8.73. The van der Waals surface area contributed by atoms with E-state index in [1.807, 2.05) is 49.0 Å². The molecule has 6 nitrogen and oxygen atoms in total. The molecule has 0 saturated heterocycles. The number of aromatic nitrogens is 2. The predicted molar refractivity (Wildman–Crippen MR) is 116 cm³/mol. The summed E-state index contributed by atoms with van der Waals surface area (Å²) < 4.78 is 23.5. The molecule has 1 aromatic heterocycles. The number of fused-ring (bicyclic) bond motifs is 3. The Balaban J connectivity index is 0.000000290. The van der Waals surface area contributed by atoms with E-state index in [9.17, 15) is 0 Å². The molecule has 0 aliphatic heterocycles. The molecule has 0 unspecified atom stereocenters. The van der Waals surface area contributed by atoms with Crippen LogP contribution in [0.1, 0.15) is 5.82 Å². The zero-order chi connectivity index (χ0) is 21.0. The first-order valence-corrected chi connectivity index (χ1v) is 9.16. The number of hydrogen-bond acceptors (Lipinski definition) is 5. The third-order valence-corrected chi connectivity index (χ3v) is 4.91. The maximum Gasteiger partial charge on any atom is 0.161 e. The molecule has 0 aliphatic rings. The van der Waals surface area contributed by atoms with Gasteiger partial charge in [-0.25, -0.2) is 4.98 Å². The molecule has 152 valence electrons. The van der Waals surface area contributed by atoms with Crippen LogP contribution in [0.4, 0.5) is 0 Å². The average Bonchev–Trinajstić information content (AvgIpc) is 3.14. The third kappa shape index (κ3) is 4.06. The van der Waals surface area contributed by atoms with Crippen molar-refractivity contribution < 1.29 is 18.9 Å². The molecule has 0 amide bonds. The molecule has 4 rings (SSSR count). The van der Waals surface area contributed by atoms with Crippen LogP contribution in [-0.4, -0.2) is 38.0 Å². The molecule has 1 heterocycles. The minimum atomic E-state index is 0.706. The van der Waals surface area contributed by atoms with E-state index in [2.05, 4.69) is 17.1 Å². The monoisotopic (exact) mass is 394 g/mol. The smallest absolute Gasteiger partial charge is 0.161 e. The maximum atomic E-state index is 5.41. The van der Waals surface area contributed by atoms with Gasteiger partial charge in [-0.3, -0.25) is 0 Å². The fourth-order valence-corrected chi connectivity index (χ4v) is 3.15. The van der Waals surface area contributed by atoms with E-state index < -0.39 is 0 Å². The standard InChI is InChI=1S/C18H18O4.C5H8N2/c1-19-15-7-11-5-6-12-8-16(20-2)18(22-4)10-14(12)13(11)9-17(15)21-3;1-5-6-3-4-7(5)2/h5-10H,1-4H3;3-4H,1-2H3. The summed E-state index contributed by atoms with van der Waals surface area (Å²) >= 11 is 0. The topological polar surface area (TPSA) is 54.7 Å². The van der Waals surface area contributed by atoms with Crippen LogP contribution in [0.25, 0.3) is 21.5 Å². The number of hydrogen-bond donors (Lipinski definition) is 0. The summed E-state index contributed by atoms with van der Waals surface area (Å²) in [6, 6.07) is 12.1. The van der Waals surface area contributed by atoms with Gasteiger partial charge in [-0.15, -0.1) is 0 Å². The third-order valence-electron chi connectivity index (χ3n) is 4.91. The molecule has 6 heteroatoms. The van der Waals surface area contributed by atoms with E-state index >= 15 is 0 Å². The molecule has 29 heavy (non-hydrogen) atoms. The van der Waals surface area contributed by atoms with Crippen LogP contribution < -0.4 is 18.9 Å². The molecule has 3 aromatic carbocycles. The first kappa shape index (κ1) is 20.3. The molecule has 0 radical (unpaired) electrons. The Morgan fingerprint density at radius 3 is 1.38 bits per heavy atom. The summed E-state index contributed by atoms with van der Waals surface area (Å²) in [5.74, 6) is 3.90. The number of imidazole rings is 1. The lowest BCUT2D eigenvalue weighted by Gasteiger charge is -2.13. The van der Waals surface area contributed by atoms with Gasteiger partial charge in [-0.05, 0) is 52.7 Å². The van der Waals surface area contributed by atoms with Crippen molar-refractivity contribution in [3.8, 4) is 23.0 Å². The highest BCUT2D eigenvalue weighted by atomic mass is 16.5. The van der Waals surface area contributed by atoms with E-state index in [0.29, 0.717) is 11.5 Å². The van der Waals surface area contributed by atoms with Gasteiger partial charge in [0.1, 0.15) is 5.82 Å². The van der Waals surface area contributed by atoms with E-state index in [4.69, 9.17) is 18.9 Å². The van der Waals surface area contributed by atoms with Crippen molar-refractivity contribution >= 4 is 21.5 Å². The Bertz CT molecular complexity index is 1050. The van der Waals surface area contributed by atoms with Gasteiger partial charge in [0.2, 0.25) is 0 Å². The van der Waals surface area contributed by atoms with E-state index in [1.165, 1.54) is 0 Å².